The lowest BCUT2D eigenvalue weighted by Gasteiger charge is -2.12. The zero-order chi connectivity index (χ0) is 19.7. The number of sulfone groups is 1. The Labute approximate surface area is 170 Å². The monoisotopic (exact) mass is 431 g/mol. The fraction of sp³-hybridized carbons (Fsp3) is 0.105. The molecule has 4 aromatic rings. The molecule has 4 rings (SSSR count). The third-order valence-corrected chi connectivity index (χ3v) is 6.94. The topological polar surface area (TPSA) is 82.0 Å². The average molecular weight is 432 g/mol. The van der Waals surface area contributed by atoms with Crippen LogP contribution in [0.3, 0.4) is 0 Å². The quantitative estimate of drug-likeness (QED) is 0.466. The van der Waals surface area contributed by atoms with E-state index in [4.69, 9.17) is 16.3 Å². The second kappa shape index (κ2) is 7.46. The maximum Gasteiger partial charge on any atom is 0.184 e. The fourth-order valence-electron chi connectivity index (χ4n) is 2.93. The molecule has 2 heterocycles. The molecular weight excluding hydrogens is 418 g/mol. The Hall–Kier alpha value is -2.55. The van der Waals surface area contributed by atoms with Gasteiger partial charge in [-0.15, -0.1) is 0 Å². The molecule has 0 atom stereocenters. The van der Waals surface area contributed by atoms with E-state index >= 15 is 0 Å². The highest BCUT2D eigenvalue weighted by atomic mass is 35.5. The van der Waals surface area contributed by atoms with Crippen LogP contribution in [0, 0.1) is 0 Å². The number of pyridine rings is 1. The maximum atomic E-state index is 12.7. The normalized spacial score (nSPS) is 11.6. The van der Waals surface area contributed by atoms with Crippen LogP contribution in [0.15, 0.2) is 59.9 Å². The van der Waals surface area contributed by atoms with Crippen molar-refractivity contribution in [2.45, 2.75) is 10.6 Å². The van der Waals surface area contributed by atoms with E-state index in [-0.39, 0.29) is 10.6 Å². The minimum atomic E-state index is -3.53. The minimum Gasteiger partial charge on any atom is -0.496 e. The molecule has 28 heavy (non-hydrogen) atoms. The van der Waals surface area contributed by atoms with E-state index in [9.17, 15) is 8.42 Å². The van der Waals surface area contributed by atoms with Crippen molar-refractivity contribution >= 4 is 43.7 Å². The largest absolute Gasteiger partial charge is 0.496 e. The summed E-state index contributed by atoms with van der Waals surface area (Å²) >= 11 is 7.13. The zero-order valence-electron chi connectivity index (χ0n) is 14.7. The first-order valence-corrected chi connectivity index (χ1v) is 11.0. The Morgan fingerprint density at radius 1 is 1.11 bits per heavy atom. The Kier molecular flexibility index (Phi) is 5.01. The number of halogens is 1. The van der Waals surface area contributed by atoms with Crippen LogP contribution in [0.1, 0.15) is 5.01 Å². The number of benzene rings is 2. The van der Waals surface area contributed by atoms with E-state index in [1.165, 1.54) is 6.33 Å². The molecule has 0 spiro atoms. The SMILES string of the molecule is COc1cc(Cl)ccc1-c1nccc2cc(S(=O)(=O)Cc3ncns3)ccc12. The third-order valence-electron chi connectivity index (χ3n) is 4.23. The molecular formula is C19H14ClN3O3S2. The van der Waals surface area contributed by atoms with Crippen LogP contribution >= 0.6 is 23.1 Å². The summed E-state index contributed by atoms with van der Waals surface area (Å²) in [5.41, 5.74) is 1.47. The zero-order valence-corrected chi connectivity index (χ0v) is 17.1. The number of aromatic nitrogens is 3. The molecule has 6 nitrogen and oxygen atoms in total. The van der Waals surface area contributed by atoms with Crippen molar-refractivity contribution in [2.24, 2.45) is 0 Å². The first kappa shape index (κ1) is 18.8. The van der Waals surface area contributed by atoms with Crippen molar-refractivity contribution < 1.29 is 13.2 Å². The van der Waals surface area contributed by atoms with Gasteiger partial charge in [-0.3, -0.25) is 4.98 Å². The maximum absolute atomic E-state index is 12.7. The lowest BCUT2D eigenvalue weighted by Crippen LogP contribution is -2.04. The van der Waals surface area contributed by atoms with Gasteiger partial charge in [0.05, 0.1) is 17.7 Å². The smallest absolute Gasteiger partial charge is 0.184 e. The molecule has 0 radical (unpaired) electrons. The van der Waals surface area contributed by atoms with E-state index in [0.717, 1.165) is 27.9 Å². The lowest BCUT2D eigenvalue weighted by atomic mass is 10.0. The van der Waals surface area contributed by atoms with Crippen LogP contribution in [0.5, 0.6) is 5.75 Å². The van der Waals surface area contributed by atoms with Gasteiger partial charge in [0.1, 0.15) is 22.8 Å². The molecule has 0 aliphatic carbocycles. The molecule has 142 valence electrons. The minimum absolute atomic E-state index is 0.174. The predicted molar refractivity (Wildman–Crippen MR) is 110 cm³/mol. The highest BCUT2D eigenvalue weighted by Gasteiger charge is 2.19. The highest BCUT2D eigenvalue weighted by Crippen LogP contribution is 2.35. The van der Waals surface area contributed by atoms with Gasteiger partial charge in [-0.1, -0.05) is 17.7 Å². The second-order valence-electron chi connectivity index (χ2n) is 5.98. The molecule has 0 bridgehead atoms. The van der Waals surface area contributed by atoms with E-state index < -0.39 is 9.84 Å². The van der Waals surface area contributed by atoms with Crippen molar-refractivity contribution in [2.75, 3.05) is 7.11 Å². The van der Waals surface area contributed by atoms with E-state index in [2.05, 4.69) is 14.3 Å². The van der Waals surface area contributed by atoms with Gasteiger partial charge in [0, 0.05) is 22.2 Å². The summed E-state index contributed by atoms with van der Waals surface area (Å²) in [6, 6.07) is 12.1. The molecule has 0 aliphatic rings. The van der Waals surface area contributed by atoms with Crippen LogP contribution in [-0.2, 0) is 15.6 Å². The van der Waals surface area contributed by atoms with Gasteiger partial charge in [-0.25, -0.2) is 13.4 Å². The van der Waals surface area contributed by atoms with Crippen LogP contribution in [0.4, 0.5) is 0 Å². The number of fused-ring (bicyclic) bond motifs is 1. The molecule has 2 aromatic heterocycles. The average Bonchev–Trinajstić information content (AvgIpc) is 3.19. The van der Waals surface area contributed by atoms with Crippen molar-refractivity contribution in [3.8, 4) is 17.0 Å². The summed E-state index contributed by atoms with van der Waals surface area (Å²) in [5, 5.41) is 2.60. The van der Waals surface area contributed by atoms with Crippen LogP contribution < -0.4 is 4.74 Å². The van der Waals surface area contributed by atoms with Crippen LogP contribution in [-0.4, -0.2) is 29.9 Å². The van der Waals surface area contributed by atoms with Gasteiger partial charge in [-0.05, 0) is 53.3 Å². The van der Waals surface area contributed by atoms with Gasteiger partial charge >= 0.3 is 0 Å². The summed E-state index contributed by atoms with van der Waals surface area (Å²) in [5.74, 6) is 0.423. The van der Waals surface area contributed by atoms with Crippen molar-refractivity contribution in [1.82, 2.24) is 14.3 Å². The molecule has 0 saturated carbocycles. The van der Waals surface area contributed by atoms with Gasteiger partial charge in [0.15, 0.2) is 9.84 Å². The number of rotatable bonds is 5. The Bertz CT molecular complexity index is 1260. The number of nitrogens with zero attached hydrogens (tertiary/aromatic N) is 3. The highest BCUT2D eigenvalue weighted by molar-refractivity contribution is 7.90. The number of hydrogen-bond donors (Lipinski definition) is 0. The predicted octanol–water partition coefficient (Wildman–Crippen LogP) is 4.39. The first-order chi connectivity index (χ1) is 13.5. The third kappa shape index (κ3) is 3.58. The summed E-state index contributed by atoms with van der Waals surface area (Å²) < 4.78 is 34.7. The van der Waals surface area contributed by atoms with Crippen molar-refractivity contribution in [3.63, 3.8) is 0 Å². The summed E-state index contributed by atoms with van der Waals surface area (Å²) in [4.78, 5) is 8.67. The summed E-state index contributed by atoms with van der Waals surface area (Å²) in [7, 11) is -1.96. The van der Waals surface area contributed by atoms with E-state index in [1.807, 2.05) is 6.07 Å². The second-order valence-corrected chi connectivity index (χ2v) is 9.27. The lowest BCUT2D eigenvalue weighted by molar-refractivity contribution is 0.416. The van der Waals surface area contributed by atoms with Crippen LogP contribution in [0.25, 0.3) is 22.0 Å². The van der Waals surface area contributed by atoms with Gasteiger partial charge in [0.2, 0.25) is 0 Å². The Balaban J connectivity index is 1.81. The number of ether oxygens (including phenoxy) is 1. The number of methoxy groups -OCH3 is 1. The van der Waals surface area contributed by atoms with Gasteiger partial charge < -0.3 is 4.74 Å². The molecule has 0 fully saturated rings. The van der Waals surface area contributed by atoms with Crippen molar-refractivity contribution in [1.29, 1.82) is 0 Å². The van der Waals surface area contributed by atoms with E-state index in [0.29, 0.717) is 21.5 Å². The molecule has 0 N–H and O–H groups in total. The van der Waals surface area contributed by atoms with Crippen molar-refractivity contribution in [3.05, 3.63) is 65.0 Å². The number of hydrogen-bond acceptors (Lipinski definition) is 7. The van der Waals surface area contributed by atoms with Gasteiger partial charge in [-0.2, -0.15) is 4.37 Å². The Morgan fingerprint density at radius 2 is 1.96 bits per heavy atom. The molecule has 0 amide bonds. The standard InChI is InChI=1S/C19H14ClN3O3S2/c1-26-17-9-13(20)2-4-16(17)19-15-5-3-14(8-12(15)6-7-21-19)28(24,25)10-18-22-11-23-27-18/h2-9,11H,10H2,1H3. The molecule has 0 saturated heterocycles. The molecule has 9 heteroatoms. The summed E-state index contributed by atoms with van der Waals surface area (Å²) in [6.45, 7) is 0. The molecule has 0 aliphatic heterocycles. The Morgan fingerprint density at radius 3 is 2.71 bits per heavy atom. The molecule has 2 aromatic carbocycles. The molecule has 0 unspecified atom stereocenters. The first-order valence-electron chi connectivity index (χ1n) is 8.19. The fourth-order valence-corrected chi connectivity index (χ4v) is 5.23. The van der Waals surface area contributed by atoms with Gasteiger partial charge in [0.25, 0.3) is 0 Å². The van der Waals surface area contributed by atoms with Crippen LogP contribution in [0.2, 0.25) is 5.02 Å². The summed E-state index contributed by atoms with van der Waals surface area (Å²) in [6.07, 6.45) is 3.00. The van der Waals surface area contributed by atoms with E-state index in [1.54, 1.807) is 49.7 Å².